The molecular weight excluding hydrogens is 334 g/mol. The first-order chi connectivity index (χ1) is 11.0. The van der Waals surface area contributed by atoms with E-state index in [2.05, 4.69) is 22.1 Å². The molecule has 0 radical (unpaired) electrons. The van der Waals surface area contributed by atoms with Crippen molar-refractivity contribution >= 4 is 55.4 Å². The fraction of sp³-hybridized carbons (Fsp3) is 0.429. The van der Waals surface area contributed by atoms with Crippen molar-refractivity contribution in [2.45, 2.75) is 32.2 Å². The molecule has 1 aliphatic rings. The predicted molar refractivity (Wildman–Crippen MR) is 97.3 cm³/mol. The van der Waals surface area contributed by atoms with Crippen LogP contribution in [0.2, 0.25) is 0 Å². The lowest BCUT2D eigenvalue weighted by atomic mass is 10.0. The maximum absolute atomic E-state index is 11.3. The fourth-order valence-electron chi connectivity index (χ4n) is 2.97. The number of piperidine rings is 1. The number of rotatable bonds is 3. The molecule has 1 saturated heterocycles. The number of benzene rings is 1. The number of thiazole rings is 1. The van der Waals surface area contributed by atoms with E-state index in [1.807, 2.05) is 0 Å². The van der Waals surface area contributed by atoms with Gasteiger partial charge in [0.1, 0.15) is 10.2 Å². The lowest BCUT2D eigenvalue weighted by Gasteiger charge is -2.35. The van der Waals surface area contributed by atoms with Gasteiger partial charge in [-0.05, 0) is 44.5 Å². The van der Waals surface area contributed by atoms with Crippen LogP contribution in [0, 0.1) is 10.1 Å². The molecule has 122 valence electrons. The van der Waals surface area contributed by atoms with Gasteiger partial charge in [-0.25, -0.2) is 4.98 Å². The molecule has 0 bridgehead atoms. The van der Waals surface area contributed by atoms with Crippen LogP contribution < -0.4 is 16.0 Å². The van der Waals surface area contributed by atoms with E-state index in [0.29, 0.717) is 21.4 Å². The van der Waals surface area contributed by atoms with Crippen LogP contribution in [0.3, 0.4) is 0 Å². The second-order valence-electron chi connectivity index (χ2n) is 5.59. The topological polar surface area (TPSA) is 97.3 Å². The molecular formula is C14H17N5O2S2. The maximum Gasteiger partial charge on any atom is 0.288 e. The van der Waals surface area contributed by atoms with Crippen LogP contribution in [-0.2, 0) is 0 Å². The van der Waals surface area contributed by atoms with Crippen molar-refractivity contribution < 1.29 is 4.92 Å². The van der Waals surface area contributed by atoms with Gasteiger partial charge in [0.2, 0.25) is 0 Å². The smallest absolute Gasteiger partial charge is 0.288 e. The molecule has 1 aliphatic heterocycles. The van der Waals surface area contributed by atoms with Gasteiger partial charge in [0.25, 0.3) is 5.69 Å². The van der Waals surface area contributed by atoms with Crippen molar-refractivity contribution in [2.75, 3.05) is 16.8 Å². The maximum atomic E-state index is 11.3. The van der Waals surface area contributed by atoms with Crippen molar-refractivity contribution in [3.8, 4) is 0 Å². The van der Waals surface area contributed by atoms with Crippen LogP contribution in [0.25, 0.3) is 10.2 Å². The number of nitrogens with zero attached hydrogens (tertiary/aromatic N) is 3. The molecule has 1 aromatic carbocycles. The number of non-ortho nitro benzene ring substituents is 1. The van der Waals surface area contributed by atoms with Crippen LogP contribution in [0.5, 0.6) is 0 Å². The molecule has 2 heterocycles. The minimum atomic E-state index is -0.380. The summed E-state index contributed by atoms with van der Waals surface area (Å²) in [6, 6.07) is 3.75. The highest BCUT2D eigenvalue weighted by Crippen LogP contribution is 2.40. The van der Waals surface area contributed by atoms with E-state index in [1.54, 1.807) is 12.1 Å². The summed E-state index contributed by atoms with van der Waals surface area (Å²) >= 11 is 6.03. The van der Waals surface area contributed by atoms with E-state index in [-0.39, 0.29) is 15.7 Å². The first-order valence-corrected chi connectivity index (χ1v) is 8.61. The summed E-state index contributed by atoms with van der Waals surface area (Å²) in [4.78, 5) is 17.7. The Hall–Kier alpha value is -2.00. The second kappa shape index (κ2) is 6.25. The average Bonchev–Trinajstić information content (AvgIpc) is 2.89. The second-order valence-corrected chi connectivity index (χ2v) is 7.02. The number of thiocarbonyl (C=S) groups is 1. The Kier molecular flexibility index (Phi) is 4.31. The SMILES string of the molecule is C[C@@H]1CCCCN1c1ccc([N+](=O)[O-])c2sc(NC(N)=S)nc12. The summed E-state index contributed by atoms with van der Waals surface area (Å²) in [5.41, 5.74) is 7.12. The minimum absolute atomic E-state index is 0.0573. The largest absolute Gasteiger partial charge is 0.376 e. The zero-order valence-electron chi connectivity index (χ0n) is 12.6. The summed E-state index contributed by atoms with van der Waals surface area (Å²) in [6.07, 6.45) is 3.44. The summed E-state index contributed by atoms with van der Waals surface area (Å²) in [5.74, 6) is 0. The Labute approximate surface area is 142 Å². The normalized spacial score (nSPS) is 18.1. The number of hydrogen-bond acceptors (Lipinski definition) is 6. The van der Waals surface area contributed by atoms with Gasteiger partial charge < -0.3 is 16.0 Å². The molecule has 3 N–H and O–H groups in total. The molecule has 1 atom stereocenters. The molecule has 0 spiro atoms. The predicted octanol–water partition coefficient (Wildman–Crippen LogP) is 3.24. The number of nitrogens with one attached hydrogen (secondary N) is 1. The number of anilines is 2. The number of nitrogens with two attached hydrogens (primary N) is 1. The quantitative estimate of drug-likeness (QED) is 0.498. The van der Waals surface area contributed by atoms with Gasteiger partial charge in [-0.15, -0.1) is 0 Å². The zero-order chi connectivity index (χ0) is 16.6. The molecule has 2 aromatic rings. The highest BCUT2D eigenvalue weighted by molar-refractivity contribution is 7.80. The van der Waals surface area contributed by atoms with Gasteiger partial charge in [-0.1, -0.05) is 11.3 Å². The van der Waals surface area contributed by atoms with Gasteiger partial charge in [0.15, 0.2) is 10.2 Å². The molecule has 7 nitrogen and oxygen atoms in total. The van der Waals surface area contributed by atoms with E-state index in [9.17, 15) is 10.1 Å². The molecule has 3 rings (SSSR count). The van der Waals surface area contributed by atoms with Crippen LogP contribution in [0.4, 0.5) is 16.5 Å². The molecule has 23 heavy (non-hydrogen) atoms. The third-order valence-corrected chi connectivity index (χ3v) is 5.14. The van der Waals surface area contributed by atoms with E-state index in [4.69, 9.17) is 18.0 Å². The van der Waals surface area contributed by atoms with Crippen molar-refractivity contribution in [3.05, 3.63) is 22.2 Å². The third-order valence-electron chi connectivity index (χ3n) is 4.04. The highest BCUT2D eigenvalue weighted by atomic mass is 32.1. The van der Waals surface area contributed by atoms with Crippen LogP contribution in [0.15, 0.2) is 12.1 Å². The molecule has 1 fully saturated rings. The molecule has 1 aromatic heterocycles. The Morgan fingerprint density at radius 2 is 2.35 bits per heavy atom. The molecule has 0 amide bonds. The average molecular weight is 351 g/mol. The number of fused-ring (bicyclic) bond motifs is 1. The summed E-state index contributed by atoms with van der Waals surface area (Å²) in [7, 11) is 0. The van der Waals surface area contributed by atoms with Gasteiger partial charge in [0, 0.05) is 18.7 Å². The lowest BCUT2D eigenvalue weighted by molar-refractivity contribution is -0.382. The van der Waals surface area contributed by atoms with Crippen molar-refractivity contribution in [1.29, 1.82) is 0 Å². The van der Waals surface area contributed by atoms with Gasteiger partial charge in [0.05, 0.1) is 10.6 Å². The lowest BCUT2D eigenvalue weighted by Crippen LogP contribution is -2.37. The molecule has 0 aliphatic carbocycles. The summed E-state index contributed by atoms with van der Waals surface area (Å²) < 4.78 is 0.545. The van der Waals surface area contributed by atoms with E-state index >= 15 is 0 Å². The number of hydrogen-bond donors (Lipinski definition) is 2. The van der Waals surface area contributed by atoms with Crippen LogP contribution >= 0.6 is 23.6 Å². The number of aromatic nitrogens is 1. The van der Waals surface area contributed by atoms with E-state index in [0.717, 1.165) is 25.1 Å². The van der Waals surface area contributed by atoms with Crippen molar-refractivity contribution in [3.63, 3.8) is 0 Å². The van der Waals surface area contributed by atoms with E-state index in [1.165, 1.54) is 17.8 Å². The van der Waals surface area contributed by atoms with Gasteiger partial charge >= 0.3 is 0 Å². The Morgan fingerprint density at radius 1 is 1.57 bits per heavy atom. The third kappa shape index (κ3) is 3.06. The molecule has 0 saturated carbocycles. The fourth-order valence-corrected chi connectivity index (χ4v) is 4.12. The Balaban J connectivity index is 2.14. The van der Waals surface area contributed by atoms with Crippen molar-refractivity contribution in [1.82, 2.24) is 4.98 Å². The first kappa shape index (κ1) is 15.9. The highest BCUT2D eigenvalue weighted by Gasteiger charge is 2.25. The van der Waals surface area contributed by atoms with Crippen LogP contribution in [-0.4, -0.2) is 27.6 Å². The minimum Gasteiger partial charge on any atom is -0.376 e. The van der Waals surface area contributed by atoms with Gasteiger partial charge in [-0.3, -0.25) is 10.1 Å². The monoisotopic (exact) mass is 351 g/mol. The number of nitro groups is 1. The summed E-state index contributed by atoms with van der Waals surface area (Å²) in [5, 5.41) is 14.7. The van der Waals surface area contributed by atoms with E-state index < -0.39 is 0 Å². The Morgan fingerprint density at radius 3 is 3.00 bits per heavy atom. The standard InChI is InChI=1S/C14H17N5O2S2/c1-8-4-2-3-7-18(8)9-5-6-10(19(20)21)12-11(9)16-14(23-12)17-13(15)22/h5-6,8H,2-4,7H2,1H3,(H3,15,16,17,22)/t8-/m1/s1. The summed E-state index contributed by atoms with van der Waals surface area (Å²) in [6.45, 7) is 3.11. The number of nitro benzene ring substituents is 1. The van der Waals surface area contributed by atoms with Crippen LogP contribution in [0.1, 0.15) is 26.2 Å². The molecule has 9 heteroatoms. The van der Waals surface area contributed by atoms with Gasteiger partial charge in [-0.2, -0.15) is 0 Å². The molecule has 0 unspecified atom stereocenters. The Bertz CT molecular complexity index is 776. The first-order valence-electron chi connectivity index (χ1n) is 7.38. The van der Waals surface area contributed by atoms with Crippen molar-refractivity contribution in [2.24, 2.45) is 5.73 Å². The zero-order valence-corrected chi connectivity index (χ0v) is 14.2.